The number of carbonyl (C=O) groups excluding carboxylic acids is 1. The first-order valence-electron chi connectivity index (χ1n) is 9.45. The minimum Gasteiger partial charge on any atom is -0.454 e. The number of benzene rings is 2. The number of fused-ring (bicyclic) bond motifs is 1. The van der Waals surface area contributed by atoms with Crippen LogP contribution < -0.4 is 9.47 Å². The maximum Gasteiger partial charge on any atom is 0.231 e. The van der Waals surface area contributed by atoms with E-state index in [0.717, 1.165) is 29.2 Å². The number of imidazole rings is 1. The van der Waals surface area contributed by atoms with E-state index in [9.17, 15) is 4.79 Å². The number of aromatic amines is 1. The number of rotatable bonds is 8. The summed E-state index contributed by atoms with van der Waals surface area (Å²) in [6.45, 7) is 1.46. The van der Waals surface area contributed by atoms with Gasteiger partial charge >= 0.3 is 0 Å². The normalized spacial score (nSPS) is 12.1. The van der Waals surface area contributed by atoms with E-state index in [4.69, 9.17) is 9.47 Å². The summed E-state index contributed by atoms with van der Waals surface area (Å²) in [7, 11) is 0. The number of nitrogens with zero attached hydrogens (tertiary/aromatic N) is 2. The zero-order chi connectivity index (χ0) is 19.2. The lowest BCUT2D eigenvalue weighted by molar-refractivity contribution is -0.131. The molecule has 6 heteroatoms. The predicted molar refractivity (Wildman–Crippen MR) is 105 cm³/mol. The minimum atomic E-state index is 0.128. The maximum absolute atomic E-state index is 12.9. The second-order valence-electron chi connectivity index (χ2n) is 6.82. The van der Waals surface area contributed by atoms with Gasteiger partial charge in [-0.25, -0.2) is 4.98 Å². The van der Waals surface area contributed by atoms with Crippen LogP contribution in [0.5, 0.6) is 11.5 Å². The van der Waals surface area contributed by atoms with Crippen LogP contribution in [0.4, 0.5) is 0 Å². The number of hydrogen-bond acceptors (Lipinski definition) is 4. The molecule has 0 spiro atoms. The summed E-state index contributed by atoms with van der Waals surface area (Å²) in [5.74, 6) is 1.64. The second-order valence-corrected chi connectivity index (χ2v) is 6.82. The highest BCUT2D eigenvalue weighted by Crippen LogP contribution is 2.32. The predicted octanol–water partition coefficient (Wildman–Crippen LogP) is 3.34. The molecule has 2 aromatic carbocycles. The summed E-state index contributed by atoms with van der Waals surface area (Å²) in [4.78, 5) is 22.0. The summed E-state index contributed by atoms with van der Waals surface area (Å²) in [6, 6.07) is 16.1. The number of aromatic nitrogens is 2. The van der Waals surface area contributed by atoms with Crippen LogP contribution in [0, 0.1) is 0 Å². The standard InChI is InChI=1S/C22H23N3O3/c26-22(9-7-18-6-8-20-21(12-18)28-16-27-20)25(14-19-13-23-15-24-19)11-10-17-4-2-1-3-5-17/h1-6,8,12-13,15H,7,9-11,14,16H2,(H,23,24). The van der Waals surface area contributed by atoms with E-state index in [2.05, 4.69) is 22.1 Å². The van der Waals surface area contributed by atoms with Crippen LogP contribution in [0.15, 0.2) is 61.1 Å². The fourth-order valence-corrected chi connectivity index (χ4v) is 3.28. The molecule has 1 aromatic heterocycles. The average Bonchev–Trinajstić information content (AvgIpc) is 3.41. The van der Waals surface area contributed by atoms with E-state index in [1.165, 1.54) is 5.56 Å². The Bertz CT molecular complexity index is 910. The van der Waals surface area contributed by atoms with Gasteiger partial charge in [0.25, 0.3) is 0 Å². The van der Waals surface area contributed by atoms with Crippen molar-refractivity contribution in [2.45, 2.75) is 25.8 Å². The molecule has 28 heavy (non-hydrogen) atoms. The van der Waals surface area contributed by atoms with Gasteiger partial charge in [-0.2, -0.15) is 0 Å². The Hall–Kier alpha value is -3.28. The van der Waals surface area contributed by atoms with Crippen molar-refractivity contribution >= 4 is 5.91 Å². The van der Waals surface area contributed by atoms with Gasteiger partial charge < -0.3 is 19.4 Å². The Balaban J connectivity index is 1.38. The summed E-state index contributed by atoms with van der Waals surface area (Å²) < 4.78 is 10.8. The zero-order valence-electron chi connectivity index (χ0n) is 15.6. The lowest BCUT2D eigenvalue weighted by Gasteiger charge is -2.22. The van der Waals surface area contributed by atoms with E-state index in [-0.39, 0.29) is 12.7 Å². The van der Waals surface area contributed by atoms with Crippen molar-refractivity contribution < 1.29 is 14.3 Å². The van der Waals surface area contributed by atoms with Crippen molar-refractivity contribution in [2.24, 2.45) is 0 Å². The topological polar surface area (TPSA) is 67.5 Å². The van der Waals surface area contributed by atoms with Gasteiger partial charge in [-0.05, 0) is 36.1 Å². The van der Waals surface area contributed by atoms with Crippen LogP contribution >= 0.6 is 0 Å². The van der Waals surface area contributed by atoms with Gasteiger partial charge in [0, 0.05) is 19.2 Å². The van der Waals surface area contributed by atoms with E-state index in [0.29, 0.717) is 25.9 Å². The molecule has 0 aliphatic carbocycles. The van der Waals surface area contributed by atoms with Gasteiger partial charge in [-0.15, -0.1) is 0 Å². The van der Waals surface area contributed by atoms with E-state index in [1.807, 2.05) is 41.3 Å². The van der Waals surface area contributed by atoms with Crippen molar-refractivity contribution in [3.8, 4) is 11.5 Å². The number of nitrogens with one attached hydrogen (secondary N) is 1. The highest BCUT2D eigenvalue weighted by Gasteiger charge is 2.17. The number of H-pyrrole nitrogens is 1. The number of carbonyl (C=O) groups is 1. The molecule has 1 aliphatic heterocycles. The third-order valence-electron chi connectivity index (χ3n) is 4.85. The molecule has 144 valence electrons. The van der Waals surface area contributed by atoms with Crippen molar-refractivity contribution in [1.29, 1.82) is 0 Å². The fourth-order valence-electron chi connectivity index (χ4n) is 3.28. The number of aryl methyl sites for hydroxylation is 1. The molecular weight excluding hydrogens is 354 g/mol. The summed E-state index contributed by atoms with van der Waals surface area (Å²) in [6.07, 6.45) is 5.34. The minimum absolute atomic E-state index is 0.128. The molecule has 2 heterocycles. The lowest BCUT2D eigenvalue weighted by atomic mass is 10.1. The average molecular weight is 377 g/mol. The molecule has 1 N–H and O–H groups in total. The molecular formula is C22H23N3O3. The first-order chi connectivity index (χ1) is 13.8. The highest BCUT2D eigenvalue weighted by molar-refractivity contribution is 5.76. The van der Waals surface area contributed by atoms with Gasteiger partial charge in [0.05, 0.1) is 18.6 Å². The lowest BCUT2D eigenvalue weighted by Crippen LogP contribution is -2.32. The van der Waals surface area contributed by atoms with Crippen molar-refractivity contribution in [2.75, 3.05) is 13.3 Å². The fraction of sp³-hybridized carbons (Fsp3) is 0.273. The van der Waals surface area contributed by atoms with Gasteiger partial charge in [-0.1, -0.05) is 36.4 Å². The van der Waals surface area contributed by atoms with Crippen LogP contribution in [-0.2, 0) is 24.2 Å². The summed E-state index contributed by atoms with van der Waals surface area (Å²) >= 11 is 0. The van der Waals surface area contributed by atoms with Gasteiger partial charge in [0.15, 0.2) is 11.5 Å². The maximum atomic E-state index is 12.9. The highest BCUT2D eigenvalue weighted by atomic mass is 16.7. The molecule has 0 fully saturated rings. The largest absolute Gasteiger partial charge is 0.454 e. The van der Waals surface area contributed by atoms with Crippen LogP contribution in [0.1, 0.15) is 23.2 Å². The number of hydrogen-bond donors (Lipinski definition) is 1. The van der Waals surface area contributed by atoms with Crippen LogP contribution in [-0.4, -0.2) is 34.1 Å². The summed E-state index contributed by atoms with van der Waals surface area (Å²) in [5.41, 5.74) is 3.23. The second kappa shape index (κ2) is 8.61. The monoisotopic (exact) mass is 377 g/mol. The molecule has 0 unspecified atom stereocenters. The van der Waals surface area contributed by atoms with Gasteiger partial charge in [0.1, 0.15) is 0 Å². The zero-order valence-corrected chi connectivity index (χ0v) is 15.6. The van der Waals surface area contributed by atoms with Gasteiger partial charge in [-0.3, -0.25) is 4.79 Å². The SMILES string of the molecule is O=C(CCc1ccc2c(c1)OCO2)N(CCc1ccccc1)Cc1cnc[nH]1. The summed E-state index contributed by atoms with van der Waals surface area (Å²) in [5, 5.41) is 0. The molecule has 4 rings (SSSR count). The van der Waals surface area contributed by atoms with Crippen LogP contribution in [0.25, 0.3) is 0 Å². The molecule has 3 aromatic rings. The Morgan fingerprint density at radius 3 is 2.71 bits per heavy atom. The molecule has 0 bridgehead atoms. The van der Waals surface area contributed by atoms with E-state index in [1.54, 1.807) is 12.5 Å². The first-order valence-corrected chi connectivity index (χ1v) is 9.45. The first kappa shape index (κ1) is 18.1. The van der Waals surface area contributed by atoms with E-state index < -0.39 is 0 Å². The quantitative estimate of drug-likeness (QED) is 0.654. The van der Waals surface area contributed by atoms with Crippen molar-refractivity contribution in [3.63, 3.8) is 0 Å². The number of ether oxygens (including phenoxy) is 2. The molecule has 1 aliphatic rings. The number of amides is 1. The third kappa shape index (κ3) is 4.52. The Kier molecular flexibility index (Phi) is 5.56. The van der Waals surface area contributed by atoms with Crippen LogP contribution in [0.2, 0.25) is 0 Å². The molecule has 1 amide bonds. The smallest absolute Gasteiger partial charge is 0.231 e. The molecule has 6 nitrogen and oxygen atoms in total. The molecule has 0 radical (unpaired) electrons. The Morgan fingerprint density at radius 1 is 1.04 bits per heavy atom. The van der Waals surface area contributed by atoms with Crippen LogP contribution in [0.3, 0.4) is 0 Å². The molecule has 0 saturated heterocycles. The Labute approximate surface area is 164 Å². The molecule has 0 atom stereocenters. The van der Waals surface area contributed by atoms with Crippen molar-refractivity contribution in [3.05, 3.63) is 77.9 Å². The van der Waals surface area contributed by atoms with Crippen molar-refractivity contribution in [1.82, 2.24) is 14.9 Å². The third-order valence-corrected chi connectivity index (χ3v) is 4.85. The molecule has 0 saturated carbocycles. The van der Waals surface area contributed by atoms with E-state index >= 15 is 0 Å². The van der Waals surface area contributed by atoms with Gasteiger partial charge in [0.2, 0.25) is 12.7 Å². The Morgan fingerprint density at radius 2 is 1.89 bits per heavy atom.